The van der Waals surface area contributed by atoms with E-state index in [9.17, 15) is 0 Å². The van der Waals surface area contributed by atoms with Gasteiger partial charge in [-0.2, -0.15) is 5.10 Å². The lowest BCUT2D eigenvalue weighted by Crippen LogP contribution is -2.20. The van der Waals surface area contributed by atoms with E-state index in [1.807, 2.05) is 26.2 Å². The van der Waals surface area contributed by atoms with Crippen molar-refractivity contribution in [3.05, 3.63) is 41.7 Å². The van der Waals surface area contributed by atoms with Crippen LogP contribution >= 0.6 is 0 Å². The molecule has 5 nitrogen and oxygen atoms in total. The van der Waals surface area contributed by atoms with Crippen molar-refractivity contribution in [1.82, 2.24) is 25.1 Å². The molecule has 0 fully saturated rings. The SMILES string of the molecule is Cc1nccnc1C(C)NCc1ccn(C)n1. The Morgan fingerprint density at radius 1 is 1.35 bits per heavy atom. The largest absolute Gasteiger partial charge is 0.303 e. The van der Waals surface area contributed by atoms with Crippen LogP contribution in [0.2, 0.25) is 0 Å². The third-order valence-corrected chi connectivity index (χ3v) is 2.69. The first kappa shape index (κ1) is 11.7. The average molecular weight is 231 g/mol. The van der Waals surface area contributed by atoms with Gasteiger partial charge in [0.15, 0.2) is 0 Å². The molecule has 1 N–H and O–H groups in total. The zero-order valence-corrected chi connectivity index (χ0v) is 10.4. The molecule has 2 heterocycles. The fourth-order valence-electron chi connectivity index (χ4n) is 1.76. The predicted octanol–water partition coefficient (Wildman–Crippen LogP) is 1.37. The Balaban J connectivity index is 1.98. The van der Waals surface area contributed by atoms with Gasteiger partial charge in [-0.25, -0.2) is 0 Å². The summed E-state index contributed by atoms with van der Waals surface area (Å²) >= 11 is 0. The lowest BCUT2D eigenvalue weighted by atomic mass is 10.2. The van der Waals surface area contributed by atoms with Gasteiger partial charge >= 0.3 is 0 Å². The Morgan fingerprint density at radius 3 is 2.76 bits per heavy atom. The lowest BCUT2D eigenvalue weighted by molar-refractivity contribution is 0.545. The highest BCUT2D eigenvalue weighted by molar-refractivity contribution is 5.12. The highest BCUT2D eigenvalue weighted by Gasteiger charge is 2.10. The number of hydrogen-bond donors (Lipinski definition) is 1. The molecule has 2 aromatic rings. The minimum atomic E-state index is 0.172. The summed E-state index contributed by atoms with van der Waals surface area (Å²) in [6.45, 7) is 4.79. The second kappa shape index (κ2) is 5.05. The summed E-state index contributed by atoms with van der Waals surface area (Å²) in [6, 6.07) is 2.18. The van der Waals surface area contributed by atoms with Gasteiger partial charge in [-0.3, -0.25) is 14.6 Å². The van der Waals surface area contributed by atoms with Crippen LogP contribution in [0, 0.1) is 6.92 Å². The van der Waals surface area contributed by atoms with Crippen LogP contribution in [-0.4, -0.2) is 19.7 Å². The van der Waals surface area contributed by atoms with E-state index in [0.717, 1.165) is 23.6 Å². The summed E-state index contributed by atoms with van der Waals surface area (Å²) in [5.41, 5.74) is 2.98. The Labute approximate surface area is 101 Å². The number of hydrogen-bond acceptors (Lipinski definition) is 4. The molecule has 90 valence electrons. The molecule has 2 aromatic heterocycles. The van der Waals surface area contributed by atoms with Gasteiger partial charge in [0.25, 0.3) is 0 Å². The highest BCUT2D eigenvalue weighted by Crippen LogP contribution is 2.12. The Bertz CT molecular complexity index is 491. The van der Waals surface area contributed by atoms with E-state index in [2.05, 4.69) is 27.3 Å². The summed E-state index contributed by atoms with van der Waals surface area (Å²) < 4.78 is 1.80. The fourth-order valence-corrected chi connectivity index (χ4v) is 1.76. The summed E-state index contributed by atoms with van der Waals surface area (Å²) in [5, 5.41) is 7.71. The second-order valence-electron chi connectivity index (χ2n) is 4.11. The molecule has 0 spiro atoms. The number of aromatic nitrogens is 4. The smallest absolute Gasteiger partial charge is 0.0782 e. The van der Waals surface area contributed by atoms with Gasteiger partial charge in [0.1, 0.15) is 0 Å². The quantitative estimate of drug-likeness (QED) is 0.863. The predicted molar refractivity (Wildman–Crippen MR) is 65.2 cm³/mol. The molecule has 0 aliphatic heterocycles. The zero-order chi connectivity index (χ0) is 12.3. The van der Waals surface area contributed by atoms with Gasteiger partial charge in [0.2, 0.25) is 0 Å². The summed E-state index contributed by atoms with van der Waals surface area (Å²) in [7, 11) is 1.92. The first-order chi connectivity index (χ1) is 8.16. The van der Waals surface area contributed by atoms with E-state index in [1.54, 1.807) is 17.1 Å². The Hall–Kier alpha value is -1.75. The first-order valence-electron chi connectivity index (χ1n) is 5.66. The van der Waals surface area contributed by atoms with E-state index in [0.29, 0.717) is 0 Å². The minimum absolute atomic E-state index is 0.172. The van der Waals surface area contributed by atoms with Crippen molar-refractivity contribution >= 4 is 0 Å². The molecule has 2 rings (SSSR count). The maximum Gasteiger partial charge on any atom is 0.0782 e. The molecular formula is C12H17N5. The summed E-state index contributed by atoms with van der Waals surface area (Å²) in [6.07, 6.45) is 5.38. The topological polar surface area (TPSA) is 55.6 Å². The van der Waals surface area contributed by atoms with E-state index in [4.69, 9.17) is 0 Å². The van der Waals surface area contributed by atoms with Gasteiger partial charge in [-0.05, 0) is 19.9 Å². The third-order valence-electron chi connectivity index (χ3n) is 2.69. The van der Waals surface area contributed by atoms with Crippen LogP contribution < -0.4 is 5.32 Å². The van der Waals surface area contributed by atoms with Crippen molar-refractivity contribution < 1.29 is 0 Å². The highest BCUT2D eigenvalue weighted by atomic mass is 15.3. The summed E-state index contributed by atoms with van der Waals surface area (Å²) in [5.74, 6) is 0. The normalized spacial score (nSPS) is 12.6. The van der Waals surface area contributed by atoms with Crippen LogP contribution in [0.15, 0.2) is 24.7 Å². The minimum Gasteiger partial charge on any atom is -0.303 e. The summed E-state index contributed by atoms with van der Waals surface area (Å²) in [4.78, 5) is 8.58. The molecule has 0 amide bonds. The van der Waals surface area contributed by atoms with Crippen LogP contribution in [0.5, 0.6) is 0 Å². The molecule has 1 atom stereocenters. The third kappa shape index (κ3) is 2.88. The maximum absolute atomic E-state index is 4.35. The molecule has 0 aliphatic rings. The fraction of sp³-hybridized carbons (Fsp3) is 0.417. The van der Waals surface area contributed by atoms with Gasteiger partial charge in [0, 0.05) is 38.2 Å². The van der Waals surface area contributed by atoms with Gasteiger partial charge in [-0.15, -0.1) is 0 Å². The van der Waals surface area contributed by atoms with Crippen LogP contribution in [0.4, 0.5) is 0 Å². The molecular weight excluding hydrogens is 214 g/mol. The first-order valence-corrected chi connectivity index (χ1v) is 5.66. The molecule has 0 radical (unpaired) electrons. The molecule has 0 aliphatic carbocycles. The second-order valence-corrected chi connectivity index (χ2v) is 4.11. The van der Waals surface area contributed by atoms with E-state index in [1.165, 1.54) is 0 Å². The molecule has 1 unspecified atom stereocenters. The Morgan fingerprint density at radius 2 is 2.12 bits per heavy atom. The van der Waals surface area contributed by atoms with E-state index >= 15 is 0 Å². The van der Waals surface area contributed by atoms with E-state index in [-0.39, 0.29) is 6.04 Å². The standard InChI is InChI=1S/C12H17N5/c1-9-12(14-6-5-13-9)10(2)15-8-11-4-7-17(3)16-11/h4-7,10,15H,8H2,1-3H3. The van der Waals surface area contributed by atoms with Gasteiger partial charge < -0.3 is 5.32 Å². The van der Waals surface area contributed by atoms with Crippen molar-refractivity contribution in [2.24, 2.45) is 7.05 Å². The maximum atomic E-state index is 4.35. The van der Waals surface area contributed by atoms with Gasteiger partial charge in [0.05, 0.1) is 17.1 Å². The molecule has 17 heavy (non-hydrogen) atoms. The lowest BCUT2D eigenvalue weighted by Gasteiger charge is -2.13. The van der Waals surface area contributed by atoms with Crippen molar-refractivity contribution in [2.75, 3.05) is 0 Å². The van der Waals surface area contributed by atoms with Crippen LogP contribution in [0.25, 0.3) is 0 Å². The number of aryl methyl sites for hydroxylation is 2. The zero-order valence-electron chi connectivity index (χ0n) is 10.4. The molecule has 5 heteroatoms. The number of rotatable bonds is 4. The Kier molecular flexibility index (Phi) is 3.49. The molecule has 0 saturated carbocycles. The molecule has 0 bridgehead atoms. The molecule has 0 aromatic carbocycles. The van der Waals surface area contributed by atoms with Crippen LogP contribution in [0.1, 0.15) is 30.0 Å². The molecule has 0 saturated heterocycles. The average Bonchev–Trinajstić information content (AvgIpc) is 2.73. The van der Waals surface area contributed by atoms with E-state index < -0.39 is 0 Å². The van der Waals surface area contributed by atoms with Crippen LogP contribution in [-0.2, 0) is 13.6 Å². The monoisotopic (exact) mass is 231 g/mol. The van der Waals surface area contributed by atoms with Crippen molar-refractivity contribution in [2.45, 2.75) is 26.4 Å². The number of nitrogens with zero attached hydrogens (tertiary/aromatic N) is 4. The van der Waals surface area contributed by atoms with Crippen molar-refractivity contribution in [1.29, 1.82) is 0 Å². The number of nitrogens with one attached hydrogen (secondary N) is 1. The van der Waals surface area contributed by atoms with Crippen molar-refractivity contribution in [3.63, 3.8) is 0 Å². The van der Waals surface area contributed by atoms with Crippen molar-refractivity contribution in [3.8, 4) is 0 Å². The van der Waals surface area contributed by atoms with Gasteiger partial charge in [-0.1, -0.05) is 0 Å². The van der Waals surface area contributed by atoms with Crippen LogP contribution in [0.3, 0.4) is 0 Å².